The van der Waals surface area contributed by atoms with Crippen molar-refractivity contribution in [1.29, 1.82) is 0 Å². The zero-order valence-electron chi connectivity index (χ0n) is 23.3. The van der Waals surface area contributed by atoms with Gasteiger partial charge in [0, 0.05) is 25.6 Å². The van der Waals surface area contributed by atoms with E-state index in [9.17, 15) is 22.0 Å². The average molecular weight is 531 g/mol. The molecule has 0 N–H and O–H groups in total. The smallest absolute Gasteiger partial charge is 0.420 e. The Kier molecular flexibility index (Phi) is 18.6. The average Bonchev–Trinajstić information content (AvgIpc) is 3.32. The van der Waals surface area contributed by atoms with Crippen LogP contribution in [0.4, 0.5) is 27.6 Å². The molecule has 1 heterocycles. The highest BCUT2D eigenvalue weighted by atomic mass is 32.2. The van der Waals surface area contributed by atoms with Gasteiger partial charge in [-0.3, -0.25) is 0 Å². The standard InChI is InChI=1S/C16H21F3N2OS.C4H8F2.3C2H6/c1-20-7-8-21(11-5-3-4-6-11)13-9-12(16(17,18)19)14(22-2)10-15(13)23-20;1-3-4(2,5)6;3*1-2/h9-11H,3-8H2,1-2H3;3H2,1-2H3;3*1-2H3. The van der Waals surface area contributed by atoms with Gasteiger partial charge in [-0.05, 0) is 50.9 Å². The van der Waals surface area contributed by atoms with Crippen LogP contribution >= 0.6 is 11.9 Å². The molecule has 0 radical (unpaired) electrons. The number of benzene rings is 1. The Morgan fingerprint density at radius 2 is 1.43 bits per heavy atom. The van der Waals surface area contributed by atoms with Crippen LogP contribution in [0, 0.1) is 0 Å². The van der Waals surface area contributed by atoms with Gasteiger partial charge in [0.1, 0.15) is 5.75 Å². The minimum Gasteiger partial charge on any atom is -0.496 e. The number of hydrogen-bond acceptors (Lipinski definition) is 4. The lowest BCUT2D eigenvalue weighted by molar-refractivity contribution is -0.138. The quantitative estimate of drug-likeness (QED) is 0.285. The summed E-state index contributed by atoms with van der Waals surface area (Å²) >= 11 is 1.49. The van der Waals surface area contributed by atoms with E-state index in [1.165, 1.54) is 38.1 Å². The Morgan fingerprint density at radius 3 is 1.83 bits per heavy atom. The fourth-order valence-electron chi connectivity index (χ4n) is 3.42. The van der Waals surface area contributed by atoms with Crippen LogP contribution in [-0.4, -0.2) is 43.5 Å². The molecule has 1 aromatic carbocycles. The van der Waals surface area contributed by atoms with E-state index >= 15 is 0 Å². The first-order chi connectivity index (χ1) is 16.5. The van der Waals surface area contributed by atoms with Crippen molar-refractivity contribution in [1.82, 2.24) is 4.31 Å². The summed E-state index contributed by atoms with van der Waals surface area (Å²) in [7, 11) is 3.26. The molecule has 0 unspecified atom stereocenters. The molecule has 0 atom stereocenters. The van der Waals surface area contributed by atoms with Crippen LogP contribution in [0.25, 0.3) is 0 Å². The first-order valence-electron chi connectivity index (χ1n) is 12.8. The second-order valence-electron chi connectivity index (χ2n) is 7.52. The van der Waals surface area contributed by atoms with Gasteiger partial charge in [-0.25, -0.2) is 13.1 Å². The molecule has 9 heteroatoms. The Balaban J connectivity index is 0. The van der Waals surface area contributed by atoms with Crippen molar-refractivity contribution in [2.45, 2.75) is 111 Å². The molecule has 0 amide bonds. The van der Waals surface area contributed by atoms with E-state index in [1.54, 1.807) is 0 Å². The topological polar surface area (TPSA) is 15.7 Å². The van der Waals surface area contributed by atoms with Gasteiger partial charge in [0.2, 0.25) is 5.92 Å². The molecule has 1 saturated carbocycles. The number of alkyl halides is 5. The zero-order valence-corrected chi connectivity index (χ0v) is 24.1. The van der Waals surface area contributed by atoms with E-state index < -0.39 is 17.7 Å². The molecule has 0 bridgehead atoms. The monoisotopic (exact) mass is 530 g/mol. The molecule has 1 aliphatic carbocycles. The van der Waals surface area contributed by atoms with Gasteiger partial charge in [0.15, 0.2) is 0 Å². The maximum Gasteiger partial charge on any atom is 0.420 e. The van der Waals surface area contributed by atoms with E-state index in [-0.39, 0.29) is 12.2 Å². The third-order valence-corrected chi connectivity index (χ3v) is 6.21. The van der Waals surface area contributed by atoms with Crippen LogP contribution in [0.2, 0.25) is 0 Å². The zero-order chi connectivity index (χ0) is 27.8. The van der Waals surface area contributed by atoms with Gasteiger partial charge >= 0.3 is 6.18 Å². The molecule has 0 aromatic heterocycles. The van der Waals surface area contributed by atoms with Crippen LogP contribution in [0.1, 0.15) is 93.1 Å². The normalized spacial score (nSPS) is 16.0. The number of anilines is 1. The van der Waals surface area contributed by atoms with Gasteiger partial charge < -0.3 is 9.64 Å². The highest BCUT2D eigenvalue weighted by Gasteiger charge is 2.37. The first-order valence-corrected chi connectivity index (χ1v) is 13.6. The fraction of sp³-hybridized carbons (Fsp3) is 0.769. The number of hydrogen-bond donors (Lipinski definition) is 0. The van der Waals surface area contributed by atoms with Crippen molar-refractivity contribution in [2.24, 2.45) is 0 Å². The summed E-state index contributed by atoms with van der Waals surface area (Å²) in [6.07, 6.45) is -0.0521. The Morgan fingerprint density at radius 1 is 0.943 bits per heavy atom. The minimum atomic E-state index is -4.41. The van der Waals surface area contributed by atoms with Crippen molar-refractivity contribution >= 4 is 17.6 Å². The molecule has 3 nitrogen and oxygen atoms in total. The summed E-state index contributed by atoms with van der Waals surface area (Å²) in [5, 5.41) is 0. The van der Waals surface area contributed by atoms with Gasteiger partial charge in [-0.15, -0.1) is 0 Å². The number of rotatable bonds is 3. The number of nitrogens with zero attached hydrogens (tertiary/aromatic N) is 2. The van der Waals surface area contributed by atoms with Crippen molar-refractivity contribution in [3.05, 3.63) is 17.7 Å². The summed E-state index contributed by atoms with van der Waals surface area (Å²) < 4.78 is 70.1. The van der Waals surface area contributed by atoms with Crippen molar-refractivity contribution in [2.75, 3.05) is 32.1 Å². The number of likely N-dealkylation sites (N-methyl/N-ethyl adjacent to an activating group) is 1. The Hall–Kier alpha value is -1.22. The molecule has 0 spiro atoms. The predicted octanol–water partition coefficient (Wildman–Crippen LogP) is 9.55. The molecule has 1 fully saturated rings. The van der Waals surface area contributed by atoms with Crippen LogP contribution < -0.4 is 9.64 Å². The van der Waals surface area contributed by atoms with Gasteiger partial charge in [0.25, 0.3) is 0 Å². The van der Waals surface area contributed by atoms with Crippen LogP contribution in [0.5, 0.6) is 5.75 Å². The second kappa shape index (κ2) is 18.1. The molecule has 35 heavy (non-hydrogen) atoms. The number of ether oxygens (including phenoxy) is 1. The third-order valence-electron chi connectivity index (χ3n) is 5.19. The highest BCUT2D eigenvalue weighted by molar-refractivity contribution is 7.97. The van der Waals surface area contributed by atoms with E-state index in [1.807, 2.05) is 48.6 Å². The Labute approximate surface area is 214 Å². The van der Waals surface area contributed by atoms with E-state index in [0.717, 1.165) is 50.6 Å². The van der Waals surface area contributed by atoms with Crippen molar-refractivity contribution in [3.63, 3.8) is 0 Å². The molecule has 0 saturated heterocycles. The third kappa shape index (κ3) is 12.5. The molecule has 2 aliphatic rings. The maximum absolute atomic E-state index is 13.4. The predicted molar refractivity (Wildman–Crippen MR) is 141 cm³/mol. The molecular weight excluding hydrogens is 483 g/mol. The van der Waals surface area contributed by atoms with Crippen LogP contribution in [0.3, 0.4) is 0 Å². The number of halogens is 5. The van der Waals surface area contributed by atoms with E-state index in [0.29, 0.717) is 11.7 Å². The van der Waals surface area contributed by atoms with Gasteiger partial charge in [-0.1, -0.05) is 61.3 Å². The maximum atomic E-state index is 13.4. The van der Waals surface area contributed by atoms with Crippen molar-refractivity contribution < 1.29 is 26.7 Å². The summed E-state index contributed by atoms with van der Waals surface area (Å²) in [6, 6.07) is 3.15. The lowest BCUT2D eigenvalue weighted by atomic mass is 10.1. The molecular formula is C26H47F5N2OS. The lowest BCUT2D eigenvalue weighted by Crippen LogP contribution is -2.36. The van der Waals surface area contributed by atoms with Crippen LogP contribution in [-0.2, 0) is 6.18 Å². The largest absolute Gasteiger partial charge is 0.496 e. The van der Waals surface area contributed by atoms with E-state index in [2.05, 4.69) is 9.21 Å². The fourth-order valence-corrected chi connectivity index (χ4v) is 4.35. The van der Waals surface area contributed by atoms with Crippen LogP contribution in [0.15, 0.2) is 17.0 Å². The van der Waals surface area contributed by atoms with Crippen molar-refractivity contribution in [3.8, 4) is 5.75 Å². The molecule has 3 rings (SSSR count). The number of fused-ring (bicyclic) bond motifs is 1. The molecule has 208 valence electrons. The molecule has 1 aromatic rings. The summed E-state index contributed by atoms with van der Waals surface area (Å²) in [6.45, 7) is 15.9. The number of methoxy groups -OCH3 is 1. The Bertz CT molecular complexity index is 675. The lowest BCUT2D eigenvalue weighted by Gasteiger charge is -2.31. The summed E-state index contributed by atoms with van der Waals surface area (Å²) in [5.41, 5.74) is 0.00581. The minimum absolute atomic E-state index is 0.0625. The van der Waals surface area contributed by atoms with E-state index in [4.69, 9.17) is 4.74 Å². The summed E-state index contributed by atoms with van der Waals surface area (Å²) in [5.74, 6) is -2.56. The summed E-state index contributed by atoms with van der Waals surface area (Å²) in [4.78, 5) is 3.01. The molecule has 1 aliphatic heterocycles. The SMILES string of the molecule is CC.CC.CC.CCC(C)(F)F.COc1cc2c(cc1C(F)(F)F)N(C1CCCC1)CCN(C)S2. The highest BCUT2D eigenvalue weighted by Crippen LogP contribution is 2.46. The van der Waals surface area contributed by atoms with Gasteiger partial charge in [0.05, 0.1) is 23.3 Å². The second-order valence-corrected chi connectivity index (χ2v) is 8.76. The first kappa shape index (κ1) is 35.9. The van der Waals surface area contributed by atoms with Gasteiger partial charge in [-0.2, -0.15) is 13.2 Å².